The Balaban J connectivity index is 2.19. The molecule has 1 unspecified atom stereocenters. The van der Waals surface area contributed by atoms with Crippen molar-refractivity contribution in [1.82, 2.24) is 4.98 Å². The van der Waals surface area contributed by atoms with E-state index in [9.17, 15) is 4.79 Å². The summed E-state index contributed by atoms with van der Waals surface area (Å²) in [6, 6.07) is -0.392. The van der Waals surface area contributed by atoms with Gasteiger partial charge in [-0.3, -0.25) is 0 Å². The number of esters is 1. The van der Waals surface area contributed by atoms with E-state index < -0.39 is 6.04 Å². The Hall–Kier alpha value is -0.660. The van der Waals surface area contributed by atoms with Gasteiger partial charge in [0.15, 0.2) is 11.2 Å². The molecule has 1 atom stereocenters. The number of thiazole rings is 1. The van der Waals surface area contributed by atoms with Crippen LogP contribution in [0.4, 0.5) is 5.13 Å². The number of nitrogens with zero attached hydrogens (tertiary/aromatic N) is 2. The van der Waals surface area contributed by atoms with E-state index in [1.54, 1.807) is 0 Å². The average Bonchev–Trinajstić information content (AvgIpc) is 2.75. The maximum Gasteiger partial charge on any atom is 0.330 e. The second-order valence-corrected chi connectivity index (χ2v) is 4.91. The lowest BCUT2D eigenvalue weighted by molar-refractivity contribution is -0.144. The standard InChI is InChI=1S/C9H11BrN2O3S/c1-14-8(13)6-4-15-3-2-12(6)9-11-7(10)5-16-9/h5-6H,2-4H2,1H3. The van der Waals surface area contributed by atoms with Crippen LogP contribution in [0.25, 0.3) is 0 Å². The summed E-state index contributed by atoms with van der Waals surface area (Å²) in [7, 11) is 1.38. The normalized spacial score (nSPS) is 20.9. The van der Waals surface area contributed by atoms with Gasteiger partial charge in [-0.05, 0) is 15.9 Å². The molecule has 0 radical (unpaired) electrons. The molecule has 5 nitrogen and oxygen atoms in total. The van der Waals surface area contributed by atoms with Gasteiger partial charge in [-0.1, -0.05) is 0 Å². The largest absolute Gasteiger partial charge is 0.467 e. The lowest BCUT2D eigenvalue weighted by Crippen LogP contribution is -2.50. The van der Waals surface area contributed by atoms with Crippen LogP contribution < -0.4 is 4.90 Å². The van der Waals surface area contributed by atoms with Crippen molar-refractivity contribution in [3.05, 3.63) is 9.98 Å². The van der Waals surface area contributed by atoms with E-state index in [1.807, 2.05) is 10.3 Å². The Morgan fingerprint density at radius 1 is 1.81 bits per heavy atom. The van der Waals surface area contributed by atoms with E-state index in [-0.39, 0.29) is 5.97 Å². The number of ether oxygens (including phenoxy) is 2. The molecule has 0 saturated carbocycles. The smallest absolute Gasteiger partial charge is 0.330 e. The van der Waals surface area contributed by atoms with Gasteiger partial charge in [-0.25, -0.2) is 9.78 Å². The van der Waals surface area contributed by atoms with Crippen molar-refractivity contribution in [2.24, 2.45) is 0 Å². The molecule has 1 fully saturated rings. The molecule has 16 heavy (non-hydrogen) atoms. The first-order valence-corrected chi connectivity index (χ1v) is 6.43. The van der Waals surface area contributed by atoms with Crippen molar-refractivity contribution in [3.63, 3.8) is 0 Å². The third-order valence-corrected chi connectivity index (χ3v) is 3.90. The summed E-state index contributed by atoms with van der Waals surface area (Å²) < 4.78 is 10.8. The zero-order valence-electron chi connectivity index (χ0n) is 8.68. The lowest BCUT2D eigenvalue weighted by Gasteiger charge is -2.33. The fourth-order valence-electron chi connectivity index (χ4n) is 1.54. The predicted octanol–water partition coefficient (Wildman–Crippen LogP) is 1.28. The Morgan fingerprint density at radius 3 is 3.25 bits per heavy atom. The van der Waals surface area contributed by atoms with Gasteiger partial charge >= 0.3 is 5.97 Å². The molecule has 1 aliphatic rings. The average molecular weight is 307 g/mol. The Bertz CT molecular complexity index is 385. The van der Waals surface area contributed by atoms with Crippen LogP contribution in [0, 0.1) is 0 Å². The Kier molecular flexibility index (Phi) is 3.78. The monoisotopic (exact) mass is 306 g/mol. The van der Waals surface area contributed by atoms with Crippen molar-refractivity contribution in [1.29, 1.82) is 0 Å². The van der Waals surface area contributed by atoms with Crippen LogP contribution in [-0.4, -0.2) is 43.9 Å². The Labute approximate surface area is 105 Å². The molecule has 0 spiro atoms. The van der Waals surface area contributed by atoms with E-state index in [1.165, 1.54) is 18.4 Å². The molecule has 0 aromatic carbocycles. The number of carbonyl (C=O) groups is 1. The molecule has 1 aliphatic heterocycles. The van der Waals surface area contributed by atoms with Crippen molar-refractivity contribution in [2.75, 3.05) is 31.8 Å². The molecule has 88 valence electrons. The number of carbonyl (C=O) groups excluding carboxylic acids is 1. The first-order chi connectivity index (χ1) is 7.72. The zero-order chi connectivity index (χ0) is 11.5. The van der Waals surface area contributed by atoms with Gasteiger partial charge in [0.1, 0.15) is 4.60 Å². The second kappa shape index (κ2) is 5.11. The minimum atomic E-state index is -0.392. The summed E-state index contributed by atoms with van der Waals surface area (Å²) in [5.41, 5.74) is 0. The number of methoxy groups -OCH3 is 1. The summed E-state index contributed by atoms with van der Waals surface area (Å²) in [5, 5.41) is 2.70. The number of rotatable bonds is 2. The van der Waals surface area contributed by atoms with E-state index in [0.717, 1.165) is 9.73 Å². The highest BCUT2D eigenvalue weighted by Gasteiger charge is 2.31. The third-order valence-electron chi connectivity index (χ3n) is 2.31. The molecule has 1 saturated heterocycles. The molecule has 0 amide bonds. The van der Waals surface area contributed by atoms with E-state index in [2.05, 4.69) is 20.9 Å². The molecule has 0 N–H and O–H groups in total. The molecule has 7 heteroatoms. The van der Waals surface area contributed by atoms with Crippen LogP contribution in [0.5, 0.6) is 0 Å². The van der Waals surface area contributed by atoms with Crippen LogP contribution in [0.15, 0.2) is 9.98 Å². The SMILES string of the molecule is COC(=O)C1COCCN1c1nc(Br)cs1. The number of hydrogen-bond acceptors (Lipinski definition) is 6. The fourth-order valence-corrected chi connectivity index (χ4v) is 2.87. The van der Waals surface area contributed by atoms with Gasteiger partial charge in [0, 0.05) is 11.9 Å². The summed E-state index contributed by atoms with van der Waals surface area (Å²) in [4.78, 5) is 17.8. The van der Waals surface area contributed by atoms with E-state index >= 15 is 0 Å². The van der Waals surface area contributed by atoms with Gasteiger partial charge in [-0.2, -0.15) is 0 Å². The highest BCUT2D eigenvalue weighted by Crippen LogP contribution is 2.26. The maximum atomic E-state index is 11.6. The molecule has 0 aliphatic carbocycles. The van der Waals surface area contributed by atoms with Crippen LogP contribution in [0.3, 0.4) is 0 Å². The molecular formula is C9H11BrN2O3S. The fraction of sp³-hybridized carbons (Fsp3) is 0.556. The van der Waals surface area contributed by atoms with Crippen molar-refractivity contribution in [3.8, 4) is 0 Å². The molecule has 2 heterocycles. The number of morpholine rings is 1. The van der Waals surface area contributed by atoms with E-state index in [4.69, 9.17) is 9.47 Å². The summed E-state index contributed by atoms with van der Waals surface area (Å²) in [5.74, 6) is -0.286. The second-order valence-electron chi connectivity index (χ2n) is 3.26. The maximum absolute atomic E-state index is 11.6. The Morgan fingerprint density at radius 2 is 2.62 bits per heavy atom. The third kappa shape index (κ3) is 2.36. The van der Waals surface area contributed by atoms with Crippen LogP contribution in [0.1, 0.15) is 0 Å². The molecule has 2 rings (SSSR count). The predicted molar refractivity (Wildman–Crippen MR) is 63.8 cm³/mol. The van der Waals surface area contributed by atoms with Crippen LogP contribution in [-0.2, 0) is 14.3 Å². The highest BCUT2D eigenvalue weighted by molar-refractivity contribution is 9.10. The molecule has 0 bridgehead atoms. The van der Waals surface area contributed by atoms with Gasteiger partial charge < -0.3 is 14.4 Å². The highest BCUT2D eigenvalue weighted by atomic mass is 79.9. The zero-order valence-corrected chi connectivity index (χ0v) is 11.1. The first-order valence-electron chi connectivity index (χ1n) is 4.75. The van der Waals surface area contributed by atoms with E-state index in [0.29, 0.717) is 19.8 Å². The molecule has 1 aromatic rings. The summed E-state index contributed by atoms with van der Waals surface area (Å²) in [6.07, 6.45) is 0. The first kappa shape index (κ1) is 11.8. The quantitative estimate of drug-likeness (QED) is 0.771. The summed E-state index contributed by atoms with van der Waals surface area (Å²) in [6.45, 7) is 1.61. The topological polar surface area (TPSA) is 51.7 Å². The van der Waals surface area contributed by atoms with Crippen molar-refractivity contribution >= 4 is 38.4 Å². The van der Waals surface area contributed by atoms with Crippen molar-refractivity contribution < 1.29 is 14.3 Å². The van der Waals surface area contributed by atoms with Gasteiger partial charge in [0.2, 0.25) is 0 Å². The minimum absolute atomic E-state index is 0.286. The number of halogens is 1. The molecule has 1 aromatic heterocycles. The van der Waals surface area contributed by atoms with Crippen molar-refractivity contribution in [2.45, 2.75) is 6.04 Å². The van der Waals surface area contributed by atoms with Crippen LogP contribution in [0.2, 0.25) is 0 Å². The summed E-state index contributed by atoms with van der Waals surface area (Å²) >= 11 is 4.79. The lowest BCUT2D eigenvalue weighted by atomic mass is 10.2. The minimum Gasteiger partial charge on any atom is -0.467 e. The molecular weight excluding hydrogens is 296 g/mol. The number of hydrogen-bond donors (Lipinski definition) is 0. The number of anilines is 1. The van der Waals surface area contributed by atoms with Crippen LogP contribution >= 0.6 is 27.3 Å². The van der Waals surface area contributed by atoms with Gasteiger partial charge in [-0.15, -0.1) is 11.3 Å². The number of aromatic nitrogens is 1. The van der Waals surface area contributed by atoms with Gasteiger partial charge in [0.25, 0.3) is 0 Å². The van der Waals surface area contributed by atoms with Gasteiger partial charge in [0.05, 0.1) is 20.3 Å².